The highest BCUT2D eigenvalue weighted by Crippen LogP contribution is 2.18. The molecule has 0 saturated heterocycles. The minimum Gasteiger partial charge on any atom is -0.388 e. The molecule has 0 amide bonds. The number of hydrogen-bond acceptors (Lipinski definition) is 3. The topological polar surface area (TPSA) is 24.9 Å². The number of hydrogen-bond donors (Lipinski definition) is 1. The Balaban J connectivity index is 2.01. The van der Waals surface area contributed by atoms with Gasteiger partial charge in [-0.05, 0) is 30.0 Å². The Hall–Kier alpha value is -1.35. The van der Waals surface area contributed by atoms with Crippen molar-refractivity contribution in [2.45, 2.75) is 26.7 Å². The number of thiazole rings is 1. The van der Waals surface area contributed by atoms with Crippen molar-refractivity contribution in [1.82, 2.24) is 4.98 Å². The summed E-state index contributed by atoms with van der Waals surface area (Å²) in [6.45, 7) is 4.46. The summed E-state index contributed by atoms with van der Waals surface area (Å²) in [6, 6.07) is 8.54. The van der Waals surface area contributed by atoms with E-state index in [1.54, 1.807) is 11.3 Å². The van der Waals surface area contributed by atoms with Crippen LogP contribution in [0.25, 0.3) is 0 Å². The molecule has 0 radical (unpaired) electrons. The van der Waals surface area contributed by atoms with Gasteiger partial charge < -0.3 is 5.32 Å². The standard InChI is InChI=1S/C15H20N2S/c1-11(2)8-14-10-18-15(17-14)9-12-4-6-13(16-3)7-5-12/h4-7,10-11,16H,8-9H2,1-3H3. The van der Waals surface area contributed by atoms with Crippen LogP contribution in [0.3, 0.4) is 0 Å². The highest BCUT2D eigenvalue weighted by molar-refractivity contribution is 7.09. The van der Waals surface area contributed by atoms with E-state index in [0.717, 1.165) is 18.5 Å². The van der Waals surface area contributed by atoms with E-state index < -0.39 is 0 Å². The fourth-order valence-electron chi connectivity index (χ4n) is 1.91. The van der Waals surface area contributed by atoms with Gasteiger partial charge in [0, 0.05) is 24.5 Å². The van der Waals surface area contributed by atoms with Gasteiger partial charge in [-0.2, -0.15) is 0 Å². The maximum Gasteiger partial charge on any atom is 0.0972 e. The van der Waals surface area contributed by atoms with Crippen LogP contribution >= 0.6 is 11.3 Å². The van der Waals surface area contributed by atoms with Crippen LogP contribution < -0.4 is 5.32 Å². The van der Waals surface area contributed by atoms with Gasteiger partial charge in [0.05, 0.1) is 10.7 Å². The third-order valence-electron chi connectivity index (χ3n) is 2.81. The molecule has 2 nitrogen and oxygen atoms in total. The van der Waals surface area contributed by atoms with Crippen molar-refractivity contribution in [3.8, 4) is 0 Å². The van der Waals surface area contributed by atoms with Crippen LogP contribution in [0.15, 0.2) is 29.6 Å². The molecule has 0 aliphatic rings. The molecule has 0 aliphatic carbocycles. The van der Waals surface area contributed by atoms with Crippen LogP contribution in [-0.2, 0) is 12.8 Å². The Labute approximate surface area is 113 Å². The van der Waals surface area contributed by atoms with E-state index in [1.165, 1.54) is 16.3 Å². The first-order valence-corrected chi connectivity index (χ1v) is 7.25. The minimum absolute atomic E-state index is 0.676. The Morgan fingerprint density at radius 1 is 1.22 bits per heavy atom. The summed E-state index contributed by atoms with van der Waals surface area (Å²) in [5, 5.41) is 6.53. The van der Waals surface area contributed by atoms with Crippen LogP contribution in [0.1, 0.15) is 30.1 Å². The fraction of sp³-hybridized carbons (Fsp3) is 0.400. The highest BCUT2D eigenvalue weighted by Gasteiger charge is 2.05. The summed E-state index contributed by atoms with van der Waals surface area (Å²) in [7, 11) is 1.94. The van der Waals surface area contributed by atoms with E-state index in [9.17, 15) is 0 Å². The summed E-state index contributed by atoms with van der Waals surface area (Å²) in [4.78, 5) is 4.69. The monoisotopic (exact) mass is 260 g/mol. The number of nitrogens with zero attached hydrogens (tertiary/aromatic N) is 1. The molecule has 2 rings (SSSR count). The van der Waals surface area contributed by atoms with E-state index in [1.807, 2.05) is 7.05 Å². The number of anilines is 1. The third kappa shape index (κ3) is 3.57. The lowest BCUT2D eigenvalue weighted by Crippen LogP contribution is -1.95. The Morgan fingerprint density at radius 3 is 2.56 bits per heavy atom. The molecule has 0 bridgehead atoms. The molecule has 2 aromatic rings. The summed E-state index contributed by atoms with van der Waals surface area (Å²) in [5.41, 5.74) is 3.70. The van der Waals surface area contributed by atoms with Crippen molar-refractivity contribution in [2.75, 3.05) is 12.4 Å². The lowest BCUT2D eigenvalue weighted by Gasteiger charge is -2.02. The van der Waals surface area contributed by atoms with Gasteiger partial charge >= 0.3 is 0 Å². The van der Waals surface area contributed by atoms with Crippen LogP contribution in [0.5, 0.6) is 0 Å². The Morgan fingerprint density at radius 2 is 1.94 bits per heavy atom. The number of benzene rings is 1. The van der Waals surface area contributed by atoms with Crippen molar-refractivity contribution in [3.63, 3.8) is 0 Å². The minimum atomic E-state index is 0.676. The maximum absolute atomic E-state index is 4.69. The van der Waals surface area contributed by atoms with Gasteiger partial charge in [0.15, 0.2) is 0 Å². The largest absolute Gasteiger partial charge is 0.388 e. The van der Waals surface area contributed by atoms with Crippen LogP contribution in [-0.4, -0.2) is 12.0 Å². The lowest BCUT2D eigenvalue weighted by atomic mass is 10.1. The molecule has 1 aromatic heterocycles. The molecule has 3 heteroatoms. The predicted octanol–water partition coefficient (Wildman–Crippen LogP) is 3.97. The molecule has 96 valence electrons. The zero-order valence-corrected chi connectivity index (χ0v) is 12.1. The molecule has 0 fully saturated rings. The normalized spacial score (nSPS) is 10.9. The quantitative estimate of drug-likeness (QED) is 0.879. The van der Waals surface area contributed by atoms with Gasteiger partial charge in [0.2, 0.25) is 0 Å². The summed E-state index contributed by atoms with van der Waals surface area (Å²) >= 11 is 1.77. The molecular formula is C15H20N2S. The molecule has 1 aromatic carbocycles. The zero-order chi connectivity index (χ0) is 13.0. The SMILES string of the molecule is CNc1ccc(Cc2nc(CC(C)C)cs2)cc1. The molecule has 0 atom stereocenters. The molecule has 0 spiro atoms. The number of rotatable bonds is 5. The molecule has 1 N–H and O–H groups in total. The fourth-order valence-corrected chi connectivity index (χ4v) is 2.75. The first-order valence-electron chi connectivity index (χ1n) is 6.37. The predicted molar refractivity (Wildman–Crippen MR) is 79.5 cm³/mol. The molecule has 0 unspecified atom stereocenters. The third-order valence-corrected chi connectivity index (χ3v) is 3.71. The van der Waals surface area contributed by atoms with Crippen LogP contribution in [0, 0.1) is 5.92 Å². The van der Waals surface area contributed by atoms with Crippen molar-refractivity contribution in [3.05, 3.63) is 45.9 Å². The summed E-state index contributed by atoms with van der Waals surface area (Å²) in [5.74, 6) is 0.676. The van der Waals surface area contributed by atoms with Crippen molar-refractivity contribution in [1.29, 1.82) is 0 Å². The number of nitrogens with one attached hydrogen (secondary N) is 1. The number of aromatic nitrogens is 1. The van der Waals surface area contributed by atoms with Crippen LogP contribution in [0.2, 0.25) is 0 Å². The first-order chi connectivity index (χ1) is 8.67. The average molecular weight is 260 g/mol. The van der Waals surface area contributed by atoms with Crippen molar-refractivity contribution < 1.29 is 0 Å². The second-order valence-electron chi connectivity index (χ2n) is 4.95. The second kappa shape index (κ2) is 6.01. The van der Waals surface area contributed by atoms with E-state index in [2.05, 4.69) is 48.8 Å². The zero-order valence-electron chi connectivity index (χ0n) is 11.2. The Bertz CT molecular complexity index is 485. The van der Waals surface area contributed by atoms with Gasteiger partial charge in [-0.3, -0.25) is 0 Å². The van der Waals surface area contributed by atoms with Gasteiger partial charge in [0.25, 0.3) is 0 Å². The van der Waals surface area contributed by atoms with Gasteiger partial charge in [0.1, 0.15) is 0 Å². The average Bonchev–Trinajstić information content (AvgIpc) is 2.76. The first kappa shape index (κ1) is 13.1. The maximum atomic E-state index is 4.69. The molecule has 18 heavy (non-hydrogen) atoms. The second-order valence-corrected chi connectivity index (χ2v) is 5.90. The summed E-state index contributed by atoms with van der Waals surface area (Å²) < 4.78 is 0. The van der Waals surface area contributed by atoms with Crippen LogP contribution in [0.4, 0.5) is 5.69 Å². The Kier molecular flexibility index (Phi) is 4.37. The lowest BCUT2D eigenvalue weighted by molar-refractivity contribution is 0.637. The van der Waals surface area contributed by atoms with Gasteiger partial charge in [-0.15, -0.1) is 11.3 Å². The summed E-state index contributed by atoms with van der Waals surface area (Å²) in [6.07, 6.45) is 2.02. The smallest absolute Gasteiger partial charge is 0.0972 e. The molecule has 0 saturated carbocycles. The van der Waals surface area contributed by atoms with E-state index in [0.29, 0.717) is 5.92 Å². The van der Waals surface area contributed by atoms with E-state index in [-0.39, 0.29) is 0 Å². The van der Waals surface area contributed by atoms with Gasteiger partial charge in [-0.1, -0.05) is 26.0 Å². The van der Waals surface area contributed by atoms with E-state index in [4.69, 9.17) is 4.98 Å². The van der Waals surface area contributed by atoms with Crippen molar-refractivity contribution >= 4 is 17.0 Å². The molecule has 1 heterocycles. The molecule has 0 aliphatic heterocycles. The van der Waals surface area contributed by atoms with E-state index >= 15 is 0 Å². The van der Waals surface area contributed by atoms with Gasteiger partial charge in [-0.25, -0.2) is 4.98 Å². The molecular weight excluding hydrogens is 240 g/mol. The highest BCUT2D eigenvalue weighted by atomic mass is 32.1. The van der Waals surface area contributed by atoms with Crippen molar-refractivity contribution in [2.24, 2.45) is 5.92 Å².